The van der Waals surface area contributed by atoms with Gasteiger partial charge in [0, 0.05) is 18.7 Å². The Bertz CT molecular complexity index is 764. The van der Waals surface area contributed by atoms with Crippen LogP contribution in [-0.2, 0) is 12.8 Å². The van der Waals surface area contributed by atoms with E-state index in [1.54, 1.807) is 18.4 Å². The molecule has 1 aliphatic heterocycles. The number of ether oxygens (including phenoxy) is 1. The number of carbonyl (C=O) groups excluding carboxylic acids is 1. The highest BCUT2D eigenvalue weighted by molar-refractivity contribution is 7.14. The highest BCUT2D eigenvalue weighted by atomic mass is 32.1. The number of amides is 1. The molecule has 2 heterocycles. The summed E-state index contributed by atoms with van der Waals surface area (Å²) >= 11 is 1.58. The first-order chi connectivity index (χ1) is 11.2. The molecule has 0 atom stereocenters. The molecule has 2 aromatic rings. The lowest BCUT2D eigenvalue weighted by atomic mass is 10.1. The molecule has 2 aliphatic rings. The monoisotopic (exact) mass is 328 g/mol. The number of anilines is 1. The van der Waals surface area contributed by atoms with Crippen LogP contribution in [0.4, 0.5) is 5.69 Å². The fraction of sp³-hybridized carbons (Fsp3) is 0.444. The van der Waals surface area contributed by atoms with Gasteiger partial charge < -0.3 is 9.64 Å². The van der Waals surface area contributed by atoms with Gasteiger partial charge in [-0.2, -0.15) is 0 Å². The summed E-state index contributed by atoms with van der Waals surface area (Å²) in [5, 5.41) is 1.11. The Labute approximate surface area is 140 Å². The molecule has 1 saturated carbocycles. The molecule has 1 amide bonds. The van der Waals surface area contributed by atoms with Gasteiger partial charge in [-0.1, -0.05) is 0 Å². The summed E-state index contributed by atoms with van der Waals surface area (Å²) < 4.78 is 5.27. The first-order valence-corrected chi connectivity index (χ1v) is 8.92. The fourth-order valence-electron chi connectivity index (χ4n) is 3.15. The number of rotatable bonds is 4. The van der Waals surface area contributed by atoms with E-state index >= 15 is 0 Å². The number of hydrogen-bond acceptors (Lipinski definition) is 4. The van der Waals surface area contributed by atoms with Crippen LogP contribution in [0.1, 0.15) is 38.8 Å². The van der Waals surface area contributed by atoms with E-state index in [1.807, 2.05) is 30.0 Å². The van der Waals surface area contributed by atoms with Crippen molar-refractivity contribution in [3.05, 3.63) is 39.3 Å². The highest BCUT2D eigenvalue weighted by Crippen LogP contribution is 2.36. The zero-order chi connectivity index (χ0) is 16.0. The second-order valence-corrected chi connectivity index (χ2v) is 7.45. The third-order valence-corrected chi connectivity index (χ3v) is 5.79. The number of aromatic nitrogens is 1. The number of hydrogen-bond donors (Lipinski definition) is 0. The van der Waals surface area contributed by atoms with Gasteiger partial charge in [0.15, 0.2) is 0 Å². The normalized spacial score (nSPS) is 16.5. The largest absolute Gasteiger partial charge is 0.497 e. The van der Waals surface area contributed by atoms with Crippen LogP contribution < -0.4 is 9.64 Å². The average Bonchev–Trinajstić information content (AvgIpc) is 3.14. The van der Waals surface area contributed by atoms with Crippen LogP contribution in [0.2, 0.25) is 0 Å². The number of nitrogens with zero attached hydrogens (tertiary/aromatic N) is 2. The van der Waals surface area contributed by atoms with Gasteiger partial charge in [0.25, 0.3) is 5.91 Å². The second-order valence-electron chi connectivity index (χ2n) is 6.37. The van der Waals surface area contributed by atoms with Gasteiger partial charge in [-0.05, 0) is 55.9 Å². The maximum Gasteiger partial charge on any atom is 0.270 e. The van der Waals surface area contributed by atoms with Crippen LogP contribution >= 0.6 is 11.3 Å². The molecular formula is C18H20N2O2S. The van der Waals surface area contributed by atoms with E-state index in [-0.39, 0.29) is 5.91 Å². The zero-order valence-corrected chi connectivity index (χ0v) is 14.3. The van der Waals surface area contributed by atoms with Crippen LogP contribution in [-0.4, -0.2) is 24.5 Å². The lowest BCUT2D eigenvalue weighted by Gasteiger charge is -2.16. The first-order valence-electron chi connectivity index (χ1n) is 8.11. The van der Waals surface area contributed by atoms with Crippen LogP contribution in [0.15, 0.2) is 18.2 Å². The molecule has 0 saturated heterocycles. The number of thiazole rings is 1. The molecule has 1 aromatic heterocycles. The SMILES string of the molecule is COc1ccc2c(c1)CCN2C(=O)c1sc(CC2CC2)nc1C. The molecule has 0 bridgehead atoms. The van der Waals surface area contributed by atoms with Gasteiger partial charge in [0.05, 0.1) is 17.8 Å². The Hall–Kier alpha value is -1.88. The minimum atomic E-state index is 0.0889. The van der Waals surface area contributed by atoms with Gasteiger partial charge in [-0.15, -0.1) is 11.3 Å². The molecule has 23 heavy (non-hydrogen) atoms. The van der Waals surface area contributed by atoms with Crippen molar-refractivity contribution in [3.63, 3.8) is 0 Å². The van der Waals surface area contributed by atoms with Crippen LogP contribution in [0, 0.1) is 12.8 Å². The van der Waals surface area contributed by atoms with Gasteiger partial charge in [0.2, 0.25) is 0 Å². The summed E-state index contributed by atoms with van der Waals surface area (Å²) in [7, 11) is 1.67. The summed E-state index contributed by atoms with van der Waals surface area (Å²) in [6, 6.07) is 5.93. The van der Waals surface area contributed by atoms with E-state index in [0.29, 0.717) is 0 Å². The molecule has 1 aliphatic carbocycles. The minimum absolute atomic E-state index is 0.0889. The van der Waals surface area contributed by atoms with Crippen molar-refractivity contribution in [2.24, 2.45) is 5.92 Å². The smallest absolute Gasteiger partial charge is 0.270 e. The molecule has 1 aromatic carbocycles. The lowest BCUT2D eigenvalue weighted by Crippen LogP contribution is -2.28. The van der Waals surface area contributed by atoms with Crippen molar-refractivity contribution < 1.29 is 9.53 Å². The standard InChI is InChI=1S/C18H20N2O2S/c1-11-17(23-16(19-11)9-12-3-4-12)18(21)20-8-7-13-10-14(22-2)5-6-15(13)20/h5-6,10,12H,3-4,7-9H2,1-2H3. The van der Waals surface area contributed by atoms with E-state index in [1.165, 1.54) is 18.4 Å². The van der Waals surface area contributed by atoms with E-state index in [0.717, 1.165) is 52.3 Å². The molecule has 1 fully saturated rings. The van der Waals surface area contributed by atoms with E-state index in [9.17, 15) is 4.79 Å². The molecular weight excluding hydrogens is 308 g/mol. The Balaban J connectivity index is 1.59. The number of aryl methyl sites for hydroxylation is 1. The Morgan fingerprint density at radius 2 is 2.26 bits per heavy atom. The molecule has 0 N–H and O–H groups in total. The zero-order valence-electron chi connectivity index (χ0n) is 13.5. The molecule has 0 radical (unpaired) electrons. The van der Waals surface area contributed by atoms with E-state index < -0.39 is 0 Å². The summed E-state index contributed by atoms with van der Waals surface area (Å²) in [5.41, 5.74) is 3.06. The van der Waals surface area contributed by atoms with Crippen molar-refractivity contribution in [2.45, 2.75) is 32.6 Å². The molecule has 4 nitrogen and oxygen atoms in total. The van der Waals surface area contributed by atoms with Crippen molar-refractivity contribution in [3.8, 4) is 5.75 Å². The quantitative estimate of drug-likeness (QED) is 0.861. The minimum Gasteiger partial charge on any atom is -0.497 e. The van der Waals surface area contributed by atoms with Crippen molar-refractivity contribution in [2.75, 3.05) is 18.6 Å². The number of methoxy groups -OCH3 is 1. The predicted octanol–water partition coefficient (Wildman–Crippen LogP) is 3.62. The molecule has 0 spiro atoms. The van der Waals surface area contributed by atoms with Gasteiger partial charge >= 0.3 is 0 Å². The Morgan fingerprint density at radius 3 is 3.00 bits per heavy atom. The fourth-order valence-corrected chi connectivity index (χ4v) is 4.27. The van der Waals surface area contributed by atoms with Gasteiger partial charge in [0.1, 0.15) is 10.6 Å². The summed E-state index contributed by atoms with van der Waals surface area (Å²) in [6.45, 7) is 2.68. The Kier molecular flexibility index (Phi) is 3.60. The van der Waals surface area contributed by atoms with Crippen molar-refractivity contribution in [1.29, 1.82) is 0 Å². The molecule has 0 unspecified atom stereocenters. The third-order valence-electron chi connectivity index (χ3n) is 4.62. The van der Waals surface area contributed by atoms with Crippen molar-refractivity contribution in [1.82, 2.24) is 4.98 Å². The van der Waals surface area contributed by atoms with Crippen LogP contribution in [0.5, 0.6) is 5.75 Å². The average molecular weight is 328 g/mol. The summed E-state index contributed by atoms with van der Waals surface area (Å²) in [4.78, 5) is 20.3. The molecule has 4 rings (SSSR count). The van der Waals surface area contributed by atoms with E-state index in [2.05, 4.69) is 4.98 Å². The predicted molar refractivity (Wildman–Crippen MR) is 91.7 cm³/mol. The summed E-state index contributed by atoms with van der Waals surface area (Å²) in [5.74, 6) is 1.73. The first kappa shape index (κ1) is 14.7. The van der Waals surface area contributed by atoms with Crippen LogP contribution in [0.3, 0.4) is 0 Å². The molecule has 5 heteroatoms. The number of benzene rings is 1. The topological polar surface area (TPSA) is 42.4 Å². The maximum absolute atomic E-state index is 13.0. The second kappa shape index (κ2) is 5.64. The highest BCUT2D eigenvalue weighted by Gasteiger charge is 2.30. The maximum atomic E-state index is 13.0. The molecule has 120 valence electrons. The number of carbonyl (C=O) groups is 1. The summed E-state index contributed by atoms with van der Waals surface area (Å²) in [6.07, 6.45) is 4.53. The lowest BCUT2D eigenvalue weighted by molar-refractivity contribution is 0.0992. The van der Waals surface area contributed by atoms with Gasteiger partial charge in [-0.25, -0.2) is 4.98 Å². The van der Waals surface area contributed by atoms with Crippen molar-refractivity contribution >= 4 is 22.9 Å². The van der Waals surface area contributed by atoms with Crippen LogP contribution in [0.25, 0.3) is 0 Å². The number of fused-ring (bicyclic) bond motifs is 1. The van der Waals surface area contributed by atoms with E-state index in [4.69, 9.17) is 4.74 Å². The van der Waals surface area contributed by atoms with Gasteiger partial charge in [-0.3, -0.25) is 4.79 Å². The Morgan fingerprint density at radius 1 is 1.43 bits per heavy atom. The third kappa shape index (κ3) is 2.74.